The summed E-state index contributed by atoms with van der Waals surface area (Å²) in [4.78, 5) is 10.9. The van der Waals surface area contributed by atoms with Crippen molar-refractivity contribution in [2.45, 2.75) is 37.7 Å². The van der Waals surface area contributed by atoms with E-state index in [1.54, 1.807) is 12.1 Å². The van der Waals surface area contributed by atoms with E-state index in [2.05, 4.69) is 0 Å². The van der Waals surface area contributed by atoms with E-state index >= 15 is 0 Å². The highest BCUT2D eigenvalue weighted by molar-refractivity contribution is 5.92. The Morgan fingerprint density at radius 2 is 1.69 bits per heavy atom. The topological polar surface area (TPSA) is 63.3 Å². The first-order valence-electron chi connectivity index (χ1n) is 5.74. The SMILES string of the molecule is NC(=O)c1ccc(C2CCC(O)CC2)cc1. The standard InChI is InChI=1S/C13H17NO2/c14-13(16)11-3-1-9(2-4-11)10-5-7-12(15)8-6-10/h1-4,10,12,15H,5-8H2,(H2,14,16). The molecular formula is C13H17NO2. The molecule has 1 amide bonds. The first-order valence-corrected chi connectivity index (χ1v) is 5.74. The molecule has 0 saturated heterocycles. The number of nitrogens with two attached hydrogens (primary N) is 1. The van der Waals surface area contributed by atoms with Crippen LogP contribution in [0.2, 0.25) is 0 Å². The third kappa shape index (κ3) is 2.42. The van der Waals surface area contributed by atoms with Gasteiger partial charge in [0.25, 0.3) is 0 Å². The summed E-state index contributed by atoms with van der Waals surface area (Å²) in [5, 5.41) is 9.43. The molecule has 2 rings (SSSR count). The van der Waals surface area contributed by atoms with Crippen LogP contribution in [0.15, 0.2) is 24.3 Å². The van der Waals surface area contributed by atoms with Crippen molar-refractivity contribution in [1.29, 1.82) is 0 Å². The van der Waals surface area contributed by atoms with E-state index in [9.17, 15) is 9.90 Å². The normalized spacial score (nSPS) is 25.3. The van der Waals surface area contributed by atoms with Gasteiger partial charge in [0.2, 0.25) is 5.91 Å². The first-order chi connectivity index (χ1) is 7.66. The number of rotatable bonds is 2. The molecule has 1 aromatic rings. The van der Waals surface area contributed by atoms with Crippen LogP contribution >= 0.6 is 0 Å². The molecule has 3 nitrogen and oxygen atoms in total. The number of primary amides is 1. The number of aliphatic hydroxyl groups is 1. The Balaban J connectivity index is 2.07. The molecule has 1 saturated carbocycles. The third-order valence-electron chi connectivity index (χ3n) is 3.36. The Labute approximate surface area is 95.3 Å². The molecule has 1 aliphatic rings. The fourth-order valence-electron chi connectivity index (χ4n) is 2.33. The third-order valence-corrected chi connectivity index (χ3v) is 3.36. The van der Waals surface area contributed by atoms with E-state index in [1.807, 2.05) is 12.1 Å². The van der Waals surface area contributed by atoms with E-state index in [4.69, 9.17) is 5.73 Å². The highest BCUT2D eigenvalue weighted by atomic mass is 16.3. The molecule has 1 aromatic carbocycles. The number of carbonyl (C=O) groups is 1. The van der Waals surface area contributed by atoms with Gasteiger partial charge in [-0.2, -0.15) is 0 Å². The van der Waals surface area contributed by atoms with E-state index in [-0.39, 0.29) is 12.0 Å². The number of carbonyl (C=O) groups excluding carboxylic acids is 1. The molecule has 86 valence electrons. The van der Waals surface area contributed by atoms with Crippen LogP contribution in [-0.2, 0) is 0 Å². The van der Waals surface area contributed by atoms with E-state index in [1.165, 1.54) is 5.56 Å². The summed E-state index contributed by atoms with van der Waals surface area (Å²) in [5.41, 5.74) is 6.99. The predicted molar refractivity (Wildman–Crippen MR) is 62.2 cm³/mol. The molecule has 3 heteroatoms. The molecule has 0 aliphatic heterocycles. The molecule has 0 atom stereocenters. The maximum Gasteiger partial charge on any atom is 0.248 e. The summed E-state index contributed by atoms with van der Waals surface area (Å²) >= 11 is 0. The minimum Gasteiger partial charge on any atom is -0.393 e. The summed E-state index contributed by atoms with van der Waals surface area (Å²) in [7, 11) is 0. The van der Waals surface area contributed by atoms with Crippen molar-refractivity contribution < 1.29 is 9.90 Å². The number of benzene rings is 1. The van der Waals surface area contributed by atoms with Crippen molar-refractivity contribution in [2.24, 2.45) is 5.73 Å². The lowest BCUT2D eigenvalue weighted by Crippen LogP contribution is -2.17. The number of amides is 1. The summed E-state index contributed by atoms with van der Waals surface area (Å²) < 4.78 is 0. The summed E-state index contributed by atoms with van der Waals surface area (Å²) in [5.74, 6) is 0.135. The second-order valence-corrected chi connectivity index (χ2v) is 4.49. The predicted octanol–water partition coefficient (Wildman–Crippen LogP) is 1.80. The average molecular weight is 219 g/mol. The Bertz CT molecular complexity index is 364. The van der Waals surface area contributed by atoms with Crippen LogP contribution in [-0.4, -0.2) is 17.1 Å². The van der Waals surface area contributed by atoms with Crippen LogP contribution in [0.3, 0.4) is 0 Å². The fourth-order valence-corrected chi connectivity index (χ4v) is 2.33. The number of hydrogen-bond acceptors (Lipinski definition) is 2. The van der Waals surface area contributed by atoms with Crippen molar-refractivity contribution in [3.63, 3.8) is 0 Å². The zero-order chi connectivity index (χ0) is 11.5. The van der Waals surface area contributed by atoms with Gasteiger partial charge >= 0.3 is 0 Å². The van der Waals surface area contributed by atoms with Gasteiger partial charge < -0.3 is 10.8 Å². The summed E-state index contributed by atoms with van der Waals surface area (Å²) in [6, 6.07) is 7.51. The van der Waals surface area contributed by atoms with Crippen LogP contribution in [0.4, 0.5) is 0 Å². The molecule has 0 heterocycles. The van der Waals surface area contributed by atoms with Gasteiger partial charge in [0.1, 0.15) is 0 Å². The van der Waals surface area contributed by atoms with E-state index < -0.39 is 0 Å². The lowest BCUT2D eigenvalue weighted by Gasteiger charge is -2.25. The summed E-state index contributed by atoms with van der Waals surface area (Å²) in [6.07, 6.45) is 3.68. The highest BCUT2D eigenvalue weighted by Crippen LogP contribution is 2.32. The maximum absolute atomic E-state index is 10.9. The fraction of sp³-hybridized carbons (Fsp3) is 0.462. The second-order valence-electron chi connectivity index (χ2n) is 4.49. The van der Waals surface area contributed by atoms with Gasteiger partial charge in [0, 0.05) is 5.56 Å². The molecule has 0 radical (unpaired) electrons. The molecule has 1 aliphatic carbocycles. The van der Waals surface area contributed by atoms with Crippen molar-refractivity contribution in [3.05, 3.63) is 35.4 Å². The zero-order valence-electron chi connectivity index (χ0n) is 9.23. The van der Waals surface area contributed by atoms with Gasteiger partial charge in [-0.1, -0.05) is 12.1 Å². The minimum absolute atomic E-state index is 0.124. The maximum atomic E-state index is 10.9. The van der Waals surface area contributed by atoms with E-state index in [0.717, 1.165) is 25.7 Å². The van der Waals surface area contributed by atoms with Crippen molar-refractivity contribution in [2.75, 3.05) is 0 Å². The minimum atomic E-state index is -0.384. The number of hydrogen-bond donors (Lipinski definition) is 2. The molecule has 0 unspecified atom stereocenters. The molecule has 16 heavy (non-hydrogen) atoms. The second kappa shape index (κ2) is 4.66. The van der Waals surface area contributed by atoms with Gasteiger partial charge in [0.15, 0.2) is 0 Å². The van der Waals surface area contributed by atoms with Crippen LogP contribution in [0, 0.1) is 0 Å². The highest BCUT2D eigenvalue weighted by Gasteiger charge is 2.20. The average Bonchev–Trinajstić information content (AvgIpc) is 2.30. The zero-order valence-corrected chi connectivity index (χ0v) is 9.23. The Hall–Kier alpha value is -1.35. The Morgan fingerprint density at radius 1 is 1.12 bits per heavy atom. The molecule has 1 fully saturated rings. The smallest absolute Gasteiger partial charge is 0.248 e. The van der Waals surface area contributed by atoms with Crippen LogP contribution in [0.25, 0.3) is 0 Å². The van der Waals surface area contributed by atoms with Gasteiger partial charge in [-0.05, 0) is 49.3 Å². The Kier molecular flexibility index (Phi) is 3.25. The largest absolute Gasteiger partial charge is 0.393 e. The van der Waals surface area contributed by atoms with Gasteiger partial charge in [0.05, 0.1) is 6.10 Å². The molecule has 0 aromatic heterocycles. The molecule has 0 spiro atoms. The molecule has 0 bridgehead atoms. The Morgan fingerprint density at radius 3 is 2.19 bits per heavy atom. The van der Waals surface area contributed by atoms with Gasteiger partial charge in [-0.25, -0.2) is 0 Å². The van der Waals surface area contributed by atoms with Gasteiger partial charge in [-0.15, -0.1) is 0 Å². The quantitative estimate of drug-likeness (QED) is 0.796. The van der Waals surface area contributed by atoms with Crippen LogP contribution in [0.5, 0.6) is 0 Å². The first kappa shape index (κ1) is 11.1. The van der Waals surface area contributed by atoms with E-state index in [0.29, 0.717) is 11.5 Å². The van der Waals surface area contributed by atoms with Gasteiger partial charge in [-0.3, -0.25) is 4.79 Å². The molecular weight excluding hydrogens is 202 g/mol. The molecule has 3 N–H and O–H groups in total. The van der Waals surface area contributed by atoms with Crippen LogP contribution in [0.1, 0.15) is 47.5 Å². The lowest BCUT2D eigenvalue weighted by atomic mass is 9.82. The van der Waals surface area contributed by atoms with Crippen molar-refractivity contribution in [3.8, 4) is 0 Å². The monoisotopic (exact) mass is 219 g/mol. The lowest BCUT2D eigenvalue weighted by molar-refractivity contribution is 0.100. The van der Waals surface area contributed by atoms with Crippen molar-refractivity contribution >= 4 is 5.91 Å². The van der Waals surface area contributed by atoms with Crippen LogP contribution < -0.4 is 5.73 Å². The van der Waals surface area contributed by atoms with Crippen molar-refractivity contribution in [1.82, 2.24) is 0 Å². The number of aliphatic hydroxyl groups excluding tert-OH is 1. The summed E-state index contributed by atoms with van der Waals surface area (Å²) in [6.45, 7) is 0.